The van der Waals surface area contributed by atoms with Gasteiger partial charge in [-0.05, 0) is 17.7 Å². The molecule has 0 bridgehead atoms. The highest BCUT2D eigenvalue weighted by atomic mass is 16.6. The Labute approximate surface area is 137 Å². The molecule has 1 N–H and O–H groups in total. The minimum absolute atomic E-state index is 0.116. The van der Waals surface area contributed by atoms with Gasteiger partial charge in [0.15, 0.2) is 18.1 Å². The Bertz CT molecular complexity index is 747. The first-order valence-electron chi connectivity index (χ1n) is 6.98. The van der Waals surface area contributed by atoms with Gasteiger partial charge in [-0.25, -0.2) is 0 Å². The number of benzene rings is 2. The van der Waals surface area contributed by atoms with Crippen LogP contribution in [0.2, 0.25) is 0 Å². The van der Waals surface area contributed by atoms with Crippen molar-refractivity contribution in [1.29, 1.82) is 0 Å². The quantitative estimate of drug-likeness (QED) is 0.605. The number of nitrogens with zero attached hydrogens (tertiary/aromatic N) is 1. The maximum Gasteiger partial charge on any atom is 0.269 e. The number of carbonyl (C=O) groups is 1. The van der Waals surface area contributed by atoms with Gasteiger partial charge in [-0.15, -0.1) is 5.75 Å². The van der Waals surface area contributed by atoms with Crippen LogP contribution in [0.5, 0.6) is 17.2 Å². The normalized spacial score (nSPS) is 10.0. The first-order valence-corrected chi connectivity index (χ1v) is 6.98. The summed E-state index contributed by atoms with van der Waals surface area (Å²) in [5, 5.41) is 24.8. The molecule has 24 heavy (non-hydrogen) atoms. The summed E-state index contributed by atoms with van der Waals surface area (Å²) < 4.78 is 10.4. The summed E-state index contributed by atoms with van der Waals surface area (Å²) in [7, 11) is 1.49. The summed E-state index contributed by atoms with van der Waals surface area (Å²) >= 11 is 0. The van der Waals surface area contributed by atoms with Crippen LogP contribution < -0.4 is 19.9 Å². The number of nitro benzene ring substituents is 1. The van der Waals surface area contributed by atoms with Crippen LogP contribution >= 0.6 is 0 Å². The van der Waals surface area contributed by atoms with Crippen molar-refractivity contribution in [3.8, 4) is 17.2 Å². The summed E-state index contributed by atoms with van der Waals surface area (Å²) in [4.78, 5) is 21.9. The third-order valence-corrected chi connectivity index (χ3v) is 3.16. The third-order valence-electron chi connectivity index (χ3n) is 3.16. The van der Waals surface area contributed by atoms with Crippen LogP contribution in [0.1, 0.15) is 5.56 Å². The molecule has 0 unspecified atom stereocenters. The Balaban J connectivity index is 1.92. The van der Waals surface area contributed by atoms with E-state index in [2.05, 4.69) is 5.32 Å². The number of amides is 1. The van der Waals surface area contributed by atoms with E-state index in [1.165, 1.54) is 7.11 Å². The first kappa shape index (κ1) is 17.1. The highest BCUT2D eigenvalue weighted by Crippen LogP contribution is 2.25. The molecule has 0 aliphatic heterocycles. The SMILES string of the molecule is COc1ccccc1OCC(=O)NCc1cc([N+](=O)[O-])ccc1[O-]. The van der Waals surface area contributed by atoms with Crippen molar-refractivity contribution < 1.29 is 24.3 Å². The smallest absolute Gasteiger partial charge is 0.269 e. The van der Waals surface area contributed by atoms with Gasteiger partial charge in [-0.2, -0.15) is 0 Å². The zero-order valence-corrected chi connectivity index (χ0v) is 12.9. The van der Waals surface area contributed by atoms with E-state index in [1.54, 1.807) is 24.3 Å². The lowest BCUT2D eigenvalue weighted by molar-refractivity contribution is -0.385. The number of ether oxygens (including phenoxy) is 2. The molecule has 2 aromatic carbocycles. The Kier molecular flexibility index (Phi) is 5.56. The van der Waals surface area contributed by atoms with Crippen molar-refractivity contribution in [2.45, 2.75) is 6.54 Å². The van der Waals surface area contributed by atoms with Crippen LogP contribution in [0.4, 0.5) is 5.69 Å². The second-order valence-electron chi connectivity index (χ2n) is 4.77. The van der Waals surface area contributed by atoms with Crippen molar-refractivity contribution in [1.82, 2.24) is 5.32 Å². The van der Waals surface area contributed by atoms with Gasteiger partial charge in [-0.1, -0.05) is 18.2 Å². The standard InChI is InChI=1S/C16H16N2O6/c1-23-14-4-2-3-5-15(14)24-10-16(20)17-9-11-8-12(18(21)22)6-7-13(11)19/h2-8,19H,9-10H2,1H3,(H,17,20)/p-1. The summed E-state index contributed by atoms with van der Waals surface area (Å²) in [6.07, 6.45) is 0. The van der Waals surface area contributed by atoms with Crippen LogP contribution in [0, 0.1) is 10.1 Å². The monoisotopic (exact) mass is 331 g/mol. The molecule has 0 heterocycles. The Hall–Kier alpha value is -3.29. The van der Waals surface area contributed by atoms with Crippen molar-refractivity contribution in [2.24, 2.45) is 0 Å². The lowest BCUT2D eigenvalue weighted by atomic mass is 10.2. The van der Waals surface area contributed by atoms with Crippen molar-refractivity contribution in [3.63, 3.8) is 0 Å². The zero-order valence-electron chi connectivity index (χ0n) is 12.9. The molecule has 2 aromatic rings. The summed E-state index contributed by atoms with van der Waals surface area (Å²) in [6, 6.07) is 10.2. The van der Waals surface area contributed by atoms with Gasteiger partial charge in [-0.3, -0.25) is 14.9 Å². The van der Waals surface area contributed by atoms with Crippen molar-refractivity contribution in [3.05, 3.63) is 58.1 Å². The number of methoxy groups -OCH3 is 1. The highest BCUT2D eigenvalue weighted by molar-refractivity contribution is 5.77. The summed E-state index contributed by atoms with van der Waals surface area (Å²) in [6.45, 7) is -0.391. The van der Waals surface area contributed by atoms with Crippen LogP contribution in [0.15, 0.2) is 42.5 Å². The third kappa shape index (κ3) is 4.35. The van der Waals surface area contributed by atoms with Gasteiger partial charge < -0.3 is 19.9 Å². The number of rotatable bonds is 7. The summed E-state index contributed by atoms with van der Waals surface area (Å²) in [5.41, 5.74) is -0.0704. The molecule has 0 aliphatic carbocycles. The summed E-state index contributed by atoms with van der Waals surface area (Å²) in [5.74, 6) is 0.0548. The second kappa shape index (κ2) is 7.82. The van der Waals surface area contributed by atoms with E-state index in [1.807, 2.05) is 0 Å². The maximum absolute atomic E-state index is 11.8. The van der Waals surface area contributed by atoms with Crippen LogP contribution in [-0.2, 0) is 11.3 Å². The lowest BCUT2D eigenvalue weighted by Gasteiger charge is -2.14. The predicted molar refractivity (Wildman–Crippen MR) is 82.9 cm³/mol. The molecule has 2 rings (SSSR count). The minimum Gasteiger partial charge on any atom is -0.872 e. The van der Waals surface area contributed by atoms with Gasteiger partial charge in [0.05, 0.1) is 12.0 Å². The molecule has 0 saturated heterocycles. The average Bonchev–Trinajstić information content (AvgIpc) is 2.59. The molecule has 0 saturated carbocycles. The van der Waals surface area contributed by atoms with E-state index >= 15 is 0 Å². The van der Waals surface area contributed by atoms with E-state index in [-0.39, 0.29) is 30.2 Å². The molecule has 0 aromatic heterocycles. The number of nitrogens with one attached hydrogen (secondary N) is 1. The largest absolute Gasteiger partial charge is 0.872 e. The molecule has 0 atom stereocenters. The number of para-hydroxylation sites is 2. The fourth-order valence-electron chi connectivity index (χ4n) is 1.94. The fraction of sp³-hybridized carbons (Fsp3) is 0.188. The number of non-ortho nitro benzene ring substituents is 1. The number of nitro groups is 1. The molecule has 126 valence electrons. The van der Waals surface area contributed by atoms with Crippen LogP contribution in [0.25, 0.3) is 0 Å². The van der Waals surface area contributed by atoms with Gasteiger partial charge in [0.25, 0.3) is 11.6 Å². The van der Waals surface area contributed by atoms with E-state index in [0.717, 1.165) is 18.2 Å². The second-order valence-corrected chi connectivity index (χ2v) is 4.77. The van der Waals surface area contributed by atoms with E-state index in [4.69, 9.17) is 9.47 Å². The molecule has 0 spiro atoms. The van der Waals surface area contributed by atoms with E-state index in [9.17, 15) is 20.0 Å². The zero-order chi connectivity index (χ0) is 17.5. The van der Waals surface area contributed by atoms with Gasteiger partial charge in [0.1, 0.15) is 0 Å². The Morgan fingerprint density at radius 3 is 2.58 bits per heavy atom. The lowest BCUT2D eigenvalue weighted by Crippen LogP contribution is -2.28. The molecule has 0 radical (unpaired) electrons. The molecule has 1 amide bonds. The number of hydrogen-bond donors (Lipinski definition) is 1. The highest BCUT2D eigenvalue weighted by Gasteiger charge is 2.09. The van der Waals surface area contributed by atoms with Gasteiger partial charge in [0, 0.05) is 18.7 Å². The molecule has 8 nitrogen and oxygen atoms in total. The van der Waals surface area contributed by atoms with Crippen LogP contribution in [-0.4, -0.2) is 24.5 Å². The fourth-order valence-corrected chi connectivity index (χ4v) is 1.94. The number of hydrogen-bond acceptors (Lipinski definition) is 6. The molecular weight excluding hydrogens is 316 g/mol. The minimum atomic E-state index is -0.602. The molecular formula is C16H15N2O6-. The molecule has 0 aliphatic rings. The molecule has 0 fully saturated rings. The van der Waals surface area contributed by atoms with Crippen molar-refractivity contribution in [2.75, 3.05) is 13.7 Å². The average molecular weight is 331 g/mol. The Morgan fingerprint density at radius 2 is 1.92 bits per heavy atom. The predicted octanol–water partition coefficient (Wildman–Crippen LogP) is 1.37. The molecule has 8 heteroatoms. The first-order chi connectivity index (χ1) is 11.5. The van der Waals surface area contributed by atoms with Gasteiger partial charge >= 0.3 is 0 Å². The van der Waals surface area contributed by atoms with Crippen LogP contribution in [0.3, 0.4) is 0 Å². The Morgan fingerprint density at radius 1 is 1.21 bits per heavy atom. The topological polar surface area (TPSA) is 114 Å². The van der Waals surface area contributed by atoms with Gasteiger partial charge in [0.2, 0.25) is 0 Å². The van der Waals surface area contributed by atoms with E-state index < -0.39 is 10.8 Å². The van der Waals surface area contributed by atoms with Crippen molar-refractivity contribution >= 4 is 11.6 Å². The van der Waals surface area contributed by atoms with E-state index in [0.29, 0.717) is 11.5 Å². The number of carbonyl (C=O) groups excluding carboxylic acids is 1. The maximum atomic E-state index is 11.8.